The van der Waals surface area contributed by atoms with Crippen molar-refractivity contribution in [2.75, 3.05) is 24.9 Å². The molecule has 0 bridgehead atoms. The highest BCUT2D eigenvalue weighted by Crippen LogP contribution is 2.33. The number of aromatic nitrogens is 1. The highest BCUT2D eigenvalue weighted by Gasteiger charge is 2.23. The zero-order valence-electron chi connectivity index (χ0n) is 21.0. The average Bonchev–Trinajstić information content (AvgIpc) is 3.38. The number of amides is 2. The first kappa shape index (κ1) is 25.5. The number of hydrogen-bond donors (Lipinski definition) is 2. The largest absolute Gasteiger partial charge is 0.497 e. The van der Waals surface area contributed by atoms with Crippen LogP contribution < -0.4 is 20.1 Å². The van der Waals surface area contributed by atoms with Crippen LogP contribution >= 0.6 is 0 Å². The summed E-state index contributed by atoms with van der Waals surface area (Å²) in [5, 5.41) is 5.75. The van der Waals surface area contributed by atoms with Gasteiger partial charge in [0.05, 0.1) is 19.9 Å². The lowest BCUT2D eigenvalue weighted by molar-refractivity contribution is -0.116. The van der Waals surface area contributed by atoms with Gasteiger partial charge in [-0.1, -0.05) is 31.5 Å². The number of rotatable bonds is 10. The van der Waals surface area contributed by atoms with Crippen molar-refractivity contribution in [3.63, 3.8) is 0 Å². The van der Waals surface area contributed by atoms with Gasteiger partial charge in [0.15, 0.2) is 11.5 Å². The maximum atomic E-state index is 13.4. The molecule has 37 heavy (non-hydrogen) atoms. The van der Waals surface area contributed by atoms with Crippen molar-refractivity contribution in [2.45, 2.75) is 26.2 Å². The van der Waals surface area contributed by atoms with Crippen molar-refractivity contribution in [3.05, 3.63) is 78.5 Å². The number of carbonyl (C=O) groups is 2. The van der Waals surface area contributed by atoms with Crippen LogP contribution in [0.4, 0.5) is 11.4 Å². The number of carbonyl (C=O) groups excluding carboxylic acids is 2. The maximum Gasteiger partial charge on any atom is 0.278 e. The molecule has 0 aliphatic heterocycles. The molecule has 0 radical (unpaired) electrons. The van der Waals surface area contributed by atoms with Crippen LogP contribution in [-0.2, 0) is 4.79 Å². The number of nitrogens with one attached hydrogen (secondary N) is 2. The summed E-state index contributed by atoms with van der Waals surface area (Å²) in [6.45, 7) is 2.04. The molecule has 0 spiro atoms. The fourth-order valence-electron chi connectivity index (χ4n) is 3.73. The van der Waals surface area contributed by atoms with E-state index in [1.807, 2.05) is 37.3 Å². The topological polar surface area (TPSA) is 103 Å². The van der Waals surface area contributed by atoms with Gasteiger partial charge in [-0.2, -0.15) is 0 Å². The van der Waals surface area contributed by atoms with E-state index in [-0.39, 0.29) is 11.6 Å². The number of anilines is 2. The maximum absolute atomic E-state index is 13.4. The van der Waals surface area contributed by atoms with Crippen molar-refractivity contribution < 1.29 is 23.5 Å². The van der Waals surface area contributed by atoms with E-state index in [2.05, 4.69) is 15.6 Å². The number of ether oxygens (including phenoxy) is 2. The molecule has 1 aromatic heterocycles. The molecule has 3 aromatic carbocycles. The third kappa shape index (κ3) is 6.16. The Labute approximate surface area is 215 Å². The lowest BCUT2D eigenvalue weighted by Crippen LogP contribution is -2.14. The summed E-state index contributed by atoms with van der Waals surface area (Å²) in [6, 6.07) is 21.6. The number of methoxy groups -OCH3 is 2. The summed E-state index contributed by atoms with van der Waals surface area (Å²) in [7, 11) is 3.07. The number of oxazole rings is 1. The highest BCUT2D eigenvalue weighted by atomic mass is 16.5. The van der Waals surface area contributed by atoms with Gasteiger partial charge in [-0.3, -0.25) is 9.59 Å². The summed E-state index contributed by atoms with van der Waals surface area (Å²) >= 11 is 0. The van der Waals surface area contributed by atoms with Crippen LogP contribution in [0.2, 0.25) is 0 Å². The Morgan fingerprint density at radius 3 is 2.32 bits per heavy atom. The predicted molar refractivity (Wildman–Crippen MR) is 143 cm³/mol. The summed E-state index contributed by atoms with van der Waals surface area (Å²) in [4.78, 5) is 30.1. The van der Waals surface area contributed by atoms with Crippen LogP contribution in [0.15, 0.2) is 77.2 Å². The molecule has 8 heteroatoms. The number of hydrogen-bond acceptors (Lipinski definition) is 6. The van der Waals surface area contributed by atoms with Gasteiger partial charge in [0.25, 0.3) is 5.91 Å². The van der Waals surface area contributed by atoms with Gasteiger partial charge < -0.3 is 24.5 Å². The number of benzene rings is 3. The first-order valence-electron chi connectivity index (χ1n) is 12.0. The van der Waals surface area contributed by atoms with Gasteiger partial charge in [0, 0.05) is 29.3 Å². The number of nitrogens with zero attached hydrogens (tertiary/aromatic N) is 1. The van der Waals surface area contributed by atoms with E-state index in [0.29, 0.717) is 46.5 Å². The Morgan fingerprint density at radius 2 is 1.65 bits per heavy atom. The van der Waals surface area contributed by atoms with E-state index in [0.717, 1.165) is 18.4 Å². The minimum absolute atomic E-state index is 0.0343. The van der Waals surface area contributed by atoms with Gasteiger partial charge in [-0.15, -0.1) is 0 Å². The van der Waals surface area contributed by atoms with Crippen molar-refractivity contribution in [1.82, 2.24) is 4.98 Å². The van der Waals surface area contributed by atoms with E-state index in [9.17, 15) is 9.59 Å². The van der Waals surface area contributed by atoms with Crippen LogP contribution in [0.3, 0.4) is 0 Å². The molecule has 190 valence electrons. The van der Waals surface area contributed by atoms with Crippen LogP contribution in [0.5, 0.6) is 11.5 Å². The molecule has 0 saturated heterocycles. The van der Waals surface area contributed by atoms with Crippen molar-refractivity contribution in [2.24, 2.45) is 0 Å². The van der Waals surface area contributed by atoms with Gasteiger partial charge >= 0.3 is 0 Å². The van der Waals surface area contributed by atoms with E-state index in [1.54, 1.807) is 49.6 Å². The van der Waals surface area contributed by atoms with Crippen LogP contribution in [-0.4, -0.2) is 31.0 Å². The third-order valence-corrected chi connectivity index (χ3v) is 5.71. The molecule has 0 saturated carbocycles. The second-order valence-corrected chi connectivity index (χ2v) is 8.31. The molecule has 0 atom stereocenters. The quantitative estimate of drug-likeness (QED) is 0.261. The van der Waals surface area contributed by atoms with E-state index in [1.165, 1.54) is 7.11 Å². The molecule has 1 heterocycles. The Hall–Kier alpha value is -4.59. The average molecular weight is 500 g/mol. The second kappa shape index (κ2) is 11.9. The molecule has 0 unspecified atom stereocenters. The fourth-order valence-corrected chi connectivity index (χ4v) is 3.73. The standard InChI is InChI=1S/C29H29N3O5/c1-4-5-11-25(33)30-21-14-12-19(13-15-21)27-26(32-29(37-27)20-9-7-6-8-10-20)28(34)31-23-18-22(35-2)16-17-24(23)36-3/h6-10,12-18H,4-5,11H2,1-3H3,(H,30,33)(H,31,34). The normalized spacial score (nSPS) is 10.6. The zero-order valence-corrected chi connectivity index (χ0v) is 21.0. The summed E-state index contributed by atoms with van der Waals surface area (Å²) in [5.74, 6) is 1.17. The third-order valence-electron chi connectivity index (χ3n) is 5.71. The SMILES string of the molecule is CCCCC(=O)Nc1ccc(-c2oc(-c3ccccc3)nc2C(=O)Nc2cc(OC)ccc2OC)cc1. The van der Waals surface area contributed by atoms with E-state index >= 15 is 0 Å². The molecule has 4 rings (SSSR count). The fraction of sp³-hybridized carbons (Fsp3) is 0.207. The van der Waals surface area contributed by atoms with Gasteiger partial charge in [-0.05, 0) is 55.0 Å². The summed E-state index contributed by atoms with van der Waals surface area (Å²) in [5.41, 5.74) is 2.60. The second-order valence-electron chi connectivity index (χ2n) is 8.31. The summed E-state index contributed by atoms with van der Waals surface area (Å²) < 4.78 is 16.8. The minimum Gasteiger partial charge on any atom is -0.497 e. The highest BCUT2D eigenvalue weighted by molar-refractivity contribution is 6.07. The molecule has 0 fully saturated rings. The lowest BCUT2D eigenvalue weighted by Gasteiger charge is -2.11. The van der Waals surface area contributed by atoms with Gasteiger partial charge in [0.1, 0.15) is 11.5 Å². The van der Waals surface area contributed by atoms with Crippen molar-refractivity contribution in [3.8, 4) is 34.3 Å². The zero-order chi connectivity index (χ0) is 26.2. The monoisotopic (exact) mass is 499 g/mol. The number of unbranched alkanes of at least 4 members (excludes halogenated alkanes) is 1. The summed E-state index contributed by atoms with van der Waals surface area (Å²) in [6.07, 6.45) is 2.26. The van der Waals surface area contributed by atoms with E-state index < -0.39 is 5.91 Å². The van der Waals surface area contributed by atoms with Crippen LogP contribution in [0.25, 0.3) is 22.8 Å². The first-order chi connectivity index (χ1) is 18.0. The molecule has 4 aromatic rings. The molecular formula is C29H29N3O5. The molecular weight excluding hydrogens is 470 g/mol. The Kier molecular flexibility index (Phi) is 8.20. The van der Waals surface area contributed by atoms with Gasteiger partial charge in [-0.25, -0.2) is 4.98 Å². The molecule has 2 amide bonds. The van der Waals surface area contributed by atoms with Crippen molar-refractivity contribution >= 4 is 23.2 Å². The smallest absolute Gasteiger partial charge is 0.278 e. The molecule has 0 aliphatic carbocycles. The first-order valence-corrected chi connectivity index (χ1v) is 12.0. The van der Waals surface area contributed by atoms with Crippen LogP contribution in [0, 0.1) is 0 Å². The Bertz CT molecular complexity index is 1360. The van der Waals surface area contributed by atoms with Crippen LogP contribution in [0.1, 0.15) is 36.7 Å². The minimum atomic E-state index is -0.468. The predicted octanol–water partition coefficient (Wildman–Crippen LogP) is 6.41. The molecule has 2 N–H and O–H groups in total. The van der Waals surface area contributed by atoms with Crippen molar-refractivity contribution in [1.29, 1.82) is 0 Å². The van der Waals surface area contributed by atoms with E-state index in [4.69, 9.17) is 13.9 Å². The Balaban J connectivity index is 1.67. The molecule has 0 aliphatic rings. The molecule has 8 nitrogen and oxygen atoms in total. The lowest BCUT2D eigenvalue weighted by atomic mass is 10.1. The van der Waals surface area contributed by atoms with Gasteiger partial charge in [0.2, 0.25) is 11.8 Å². The Morgan fingerprint density at radius 1 is 0.892 bits per heavy atom.